The maximum atomic E-state index is 13.3. The first-order valence-corrected chi connectivity index (χ1v) is 6.37. The third-order valence-corrected chi connectivity index (χ3v) is 3.23. The second-order valence-electron chi connectivity index (χ2n) is 5.10. The van der Waals surface area contributed by atoms with Crippen molar-refractivity contribution >= 4 is 11.6 Å². The molecule has 1 aromatic carbocycles. The maximum Gasteiger partial charge on any atom is 0.282 e. The average Bonchev–Trinajstić information content (AvgIpc) is 2.36. The van der Waals surface area contributed by atoms with Gasteiger partial charge in [0.1, 0.15) is 11.4 Å². The average molecular weight is 281 g/mol. The lowest BCUT2D eigenvalue weighted by atomic mass is 10.1. The van der Waals surface area contributed by atoms with Gasteiger partial charge >= 0.3 is 0 Å². The van der Waals surface area contributed by atoms with E-state index in [1.807, 2.05) is 13.8 Å². The third kappa shape index (κ3) is 2.93. The monoisotopic (exact) mass is 281 g/mol. The number of nitrogens with one attached hydrogen (secondary N) is 1. The van der Waals surface area contributed by atoms with Crippen molar-refractivity contribution in [1.82, 2.24) is 10.2 Å². The number of hydrogen-bond acceptors (Lipinski definition) is 4. The van der Waals surface area contributed by atoms with Crippen molar-refractivity contribution in [1.29, 1.82) is 0 Å². The summed E-state index contributed by atoms with van der Waals surface area (Å²) in [7, 11) is 0. The summed E-state index contributed by atoms with van der Waals surface area (Å²) in [4.78, 5) is 24.2. The van der Waals surface area contributed by atoms with Gasteiger partial charge in [0, 0.05) is 31.2 Å². The number of nitro groups is 1. The van der Waals surface area contributed by atoms with E-state index in [0.717, 1.165) is 18.2 Å². The van der Waals surface area contributed by atoms with Gasteiger partial charge in [-0.1, -0.05) is 0 Å². The molecular formula is C13H16FN3O3. The number of nitro benzene ring substituents is 1. The quantitative estimate of drug-likeness (QED) is 0.659. The maximum absolute atomic E-state index is 13.3. The van der Waals surface area contributed by atoms with Gasteiger partial charge in [-0.05, 0) is 26.0 Å². The molecule has 6 nitrogen and oxygen atoms in total. The van der Waals surface area contributed by atoms with E-state index in [0.29, 0.717) is 13.1 Å². The summed E-state index contributed by atoms with van der Waals surface area (Å²) in [5, 5.41) is 14.2. The first kappa shape index (κ1) is 14.4. The van der Waals surface area contributed by atoms with Crippen LogP contribution in [0.15, 0.2) is 18.2 Å². The van der Waals surface area contributed by atoms with Crippen LogP contribution in [0.3, 0.4) is 0 Å². The van der Waals surface area contributed by atoms with Gasteiger partial charge in [-0.3, -0.25) is 14.9 Å². The molecule has 20 heavy (non-hydrogen) atoms. The van der Waals surface area contributed by atoms with Crippen LogP contribution < -0.4 is 5.32 Å². The first-order valence-electron chi connectivity index (χ1n) is 6.37. The number of halogens is 1. The molecule has 1 heterocycles. The minimum atomic E-state index is -0.665. The Labute approximate surface area is 115 Å². The van der Waals surface area contributed by atoms with Gasteiger partial charge in [0.15, 0.2) is 0 Å². The smallest absolute Gasteiger partial charge is 0.282 e. The summed E-state index contributed by atoms with van der Waals surface area (Å²) in [5.74, 6) is -1.16. The molecule has 1 saturated heterocycles. The molecule has 7 heteroatoms. The molecule has 1 amide bonds. The number of rotatable bonds is 2. The molecule has 0 radical (unpaired) electrons. The fourth-order valence-electron chi connectivity index (χ4n) is 2.50. The Hall–Kier alpha value is -2.02. The highest BCUT2D eigenvalue weighted by molar-refractivity contribution is 5.98. The van der Waals surface area contributed by atoms with E-state index in [4.69, 9.17) is 0 Å². The van der Waals surface area contributed by atoms with Crippen LogP contribution in [0, 0.1) is 15.9 Å². The zero-order valence-corrected chi connectivity index (χ0v) is 11.3. The van der Waals surface area contributed by atoms with Crippen molar-refractivity contribution in [2.45, 2.75) is 25.9 Å². The summed E-state index contributed by atoms with van der Waals surface area (Å²) in [6.45, 7) is 4.74. The zero-order chi connectivity index (χ0) is 14.9. The highest BCUT2D eigenvalue weighted by Gasteiger charge is 2.30. The Bertz CT molecular complexity index is 540. The van der Waals surface area contributed by atoms with E-state index < -0.39 is 16.6 Å². The lowest BCUT2D eigenvalue weighted by Gasteiger charge is -2.36. The van der Waals surface area contributed by atoms with Gasteiger partial charge in [0.2, 0.25) is 0 Å². The molecule has 0 aromatic heterocycles. The topological polar surface area (TPSA) is 75.5 Å². The molecule has 0 bridgehead atoms. The predicted octanol–water partition coefficient (Wildman–Crippen LogP) is 1.56. The van der Waals surface area contributed by atoms with Crippen molar-refractivity contribution in [3.63, 3.8) is 0 Å². The molecule has 1 fully saturated rings. The molecule has 1 aliphatic heterocycles. The number of hydrogen-bond donors (Lipinski definition) is 1. The van der Waals surface area contributed by atoms with Gasteiger partial charge < -0.3 is 10.2 Å². The normalized spacial score (nSPS) is 22.6. The van der Waals surface area contributed by atoms with Crippen LogP contribution in [0.1, 0.15) is 24.2 Å². The molecule has 0 aliphatic carbocycles. The van der Waals surface area contributed by atoms with Crippen molar-refractivity contribution in [2.24, 2.45) is 0 Å². The summed E-state index contributed by atoms with van der Waals surface area (Å²) in [5.41, 5.74) is -0.563. The minimum Gasteiger partial charge on any atom is -0.335 e. The number of benzene rings is 1. The van der Waals surface area contributed by atoms with E-state index in [2.05, 4.69) is 5.32 Å². The van der Waals surface area contributed by atoms with Crippen molar-refractivity contribution in [2.75, 3.05) is 13.1 Å². The third-order valence-electron chi connectivity index (χ3n) is 3.23. The number of amides is 1. The van der Waals surface area contributed by atoms with Crippen LogP contribution in [0.4, 0.5) is 10.1 Å². The summed E-state index contributed by atoms with van der Waals surface area (Å²) in [6, 6.07) is 3.12. The Balaban J connectivity index is 2.33. The van der Waals surface area contributed by atoms with Crippen molar-refractivity contribution < 1.29 is 14.1 Å². The fraction of sp³-hybridized carbons (Fsp3) is 0.462. The Morgan fingerprint density at radius 2 is 2.00 bits per heavy atom. The van der Waals surface area contributed by atoms with Crippen LogP contribution in [0.5, 0.6) is 0 Å². The molecule has 1 aliphatic rings. The van der Waals surface area contributed by atoms with Crippen LogP contribution in [-0.2, 0) is 0 Å². The van der Waals surface area contributed by atoms with Gasteiger partial charge in [-0.15, -0.1) is 0 Å². The van der Waals surface area contributed by atoms with Gasteiger partial charge in [-0.25, -0.2) is 4.39 Å². The number of piperazine rings is 1. The highest BCUT2D eigenvalue weighted by atomic mass is 19.1. The van der Waals surface area contributed by atoms with Gasteiger partial charge in [0.25, 0.3) is 11.6 Å². The Morgan fingerprint density at radius 3 is 2.55 bits per heavy atom. The van der Waals surface area contributed by atoms with E-state index in [1.54, 1.807) is 0 Å². The van der Waals surface area contributed by atoms with Gasteiger partial charge in [-0.2, -0.15) is 0 Å². The Kier molecular flexibility index (Phi) is 3.99. The van der Waals surface area contributed by atoms with E-state index in [-0.39, 0.29) is 23.3 Å². The molecule has 0 saturated carbocycles. The standard InChI is InChI=1S/C13H16FN3O3/c1-8-6-16(7-9(2)15-8)13(18)11-5-10(14)3-4-12(11)17(19)20/h3-5,8-9,15H,6-7H2,1-2H3. The molecule has 1 aromatic rings. The van der Waals surface area contributed by atoms with E-state index >= 15 is 0 Å². The number of nitrogens with zero attached hydrogens (tertiary/aromatic N) is 2. The lowest BCUT2D eigenvalue weighted by molar-refractivity contribution is -0.385. The predicted molar refractivity (Wildman–Crippen MR) is 71.0 cm³/mol. The second kappa shape index (κ2) is 5.54. The first-order chi connectivity index (χ1) is 9.38. The molecule has 2 rings (SSSR count). The summed E-state index contributed by atoms with van der Waals surface area (Å²) >= 11 is 0. The highest BCUT2D eigenvalue weighted by Crippen LogP contribution is 2.22. The molecular weight excluding hydrogens is 265 g/mol. The Morgan fingerprint density at radius 1 is 1.40 bits per heavy atom. The number of carbonyl (C=O) groups is 1. The van der Waals surface area contributed by atoms with Crippen molar-refractivity contribution in [3.8, 4) is 0 Å². The summed E-state index contributed by atoms with van der Waals surface area (Å²) < 4.78 is 13.3. The van der Waals surface area contributed by atoms with E-state index in [1.165, 1.54) is 4.90 Å². The largest absolute Gasteiger partial charge is 0.335 e. The van der Waals surface area contributed by atoms with Crippen LogP contribution in [-0.4, -0.2) is 40.9 Å². The molecule has 1 N–H and O–H groups in total. The van der Waals surface area contributed by atoms with Crippen molar-refractivity contribution in [3.05, 3.63) is 39.7 Å². The van der Waals surface area contributed by atoms with Crippen LogP contribution in [0.25, 0.3) is 0 Å². The van der Waals surface area contributed by atoms with Crippen LogP contribution in [0.2, 0.25) is 0 Å². The zero-order valence-electron chi connectivity index (χ0n) is 11.3. The molecule has 2 unspecified atom stereocenters. The number of carbonyl (C=O) groups excluding carboxylic acids is 1. The molecule has 0 spiro atoms. The molecule has 108 valence electrons. The van der Waals surface area contributed by atoms with E-state index in [9.17, 15) is 19.3 Å². The SMILES string of the molecule is CC1CN(C(=O)c2cc(F)ccc2[N+](=O)[O-])CC(C)N1. The summed E-state index contributed by atoms with van der Waals surface area (Å²) in [6.07, 6.45) is 0. The minimum absolute atomic E-state index is 0.0929. The van der Waals surface area contributed by atoms with Crippen LogP contribution >= 0.6 is 0 Å². The fourth-order valence-corrected chi connectivity index (χ4v) is 2.50. The second-order valence-corrected chi connectivity index (χ2v) is 5.10. The van der Waals surface area contributed by atoms with Gasteiger partial charge in [0.05, 0.1) is 4.92 Å². The lowest BCUT2D eigenvalue weighted by Crippen LogP contribution is -2.55. The molecule has 2 atom stereocenters.